The number of nitrogens with zero attached hydrogens (tertiary/aromatic N) is 1. The number of benzene rings is 1. The highest BCUT2D eigenvalue weighted by Gasteiger charge is 2.29. The van der Waals surface area contributed by atoms with E-state index in [1.54, 1.807) is 31.3 Å². The molecule has 2 atom stereocenters. The third-order valence-electron chi connectivity index (χ3n) is 3.70. The van der Waals surface area contributed by atoms with E-state index in [9.17, 15) is 14.7 Å². The normalized spacial score (nSPS) is 21.5. The van der Waals surface area contributed by atoms with Crippen molar-refractivity contribution in [2.75, 3.05) is 18.9 Å². The van der Waals surface area contributed by atoms with Crippen molar-refractivity contribution < 1.29 is 14.7 Å². The number of aliphatic hydroxyl groups is 1. The molecule has 5 nitrogen and oxygen atoms in total. The topological polar surface area (TPSA) is 69.6 Å². The molecule has 1 aliphatic rings. The zero-order chi connectivity index (χ0) is 14.5. The number of rotatable bonds is 3. The van der Waals surface area contributed by atoms with E-state index in [2.05, 4.69) is 5.32 Å². The molecule has 5 heteroatoms. The number of carbonyl (C=O) groups is 2. The zero-order valence-corrected chi connectivity index (χ0v) is 11.6. The molecule has 1 fully saturated rings. The molecule has 0 heterocycles. The molecule has 0 radical (unpaired) electrons. The number of likely N-dealkylation sites (N-methyl/N-ethyl adjacent to an activating group) is 1. The Morgan fingerprint density at radius 2 is 2.00 bits per heavy atom. The van der Waals surface area contributed by atoms with Crippen LogP contribution in [0.5, 0.6) is 0 Å². The van der Waals surface area contributed by atoms with Gasteiger partial charge in [0.25, 0.3) is 0 Å². The van der Waals surface area contributed by atoms with Crippen LogP contribution in [-0.2, 0) is 9.59 Å². The van der Waals surface area contributed by atoms with Gasteiger partial charge in [0.05, 0.1) is 6.10 Å². The molecule has 0 aliphatic heterocycles. The highest BCUT2D eigenvalue weighted by Crippen LogP contribution is 2.26. The van der Waals surface area contributed by atoms with Gasteiger partial charge in [0, 0.05) is 25.2 Å². The summed E-state index contributed by atoms with van der Waals surface area (Å²) < 4.78 is 0. The molecule has 2 amide bonds. The minimum Gasteiger partial charge on any atom is -0.393 e. The van der Waals surface area contributed by atoms with Crippen LogP contribution in [0.25, 0.3) is 0 Å². The maximum Gasteiger partial charge on any atom is 0.313 e. The van der Waals surface area contributed by atoms with Gasteiger partial charge in [0.15, 0.2) is 0 Å². The predicted molar refractivity (Wildman–Crippen MR) is 76.1 cm³/mol. The molecule has 0 bridgehead atoms. The molecule has 1 saturated carbocycles. The lowest BCUT2D eigenvalue weighted by Crippen LogP contribution is -2.40. The van der Waals surface area contributed by atoms with Crippen LogP contribution in [0.3, 0.4) is 0 Å². The van der Waals surface area contributed by atoms with Crippen molar-refractivity contribution >= 4 is 17.5 Å². The molecule has 2 N–H and O–H groups in total. The standard InChI is InChI=1S/C15H20N2O3/c1-17(10-11-6-5-9-13(11)18)15(20)14(19)16-12-7-3-2-4-8-12/h2-4,7-8,11,13,18H,5-6,9-10H2,1H3,(H,16,19). The molecule has 1 aliphatic carbocycles. The maximum absolute atomic E-state index is 12.0. The Kier molecular flexibility index (Phi) is 4.74. The van der Waals surface area contributed by atoms with Crippen molar-refractivity contribution in [2.45, 2.75) is 25.4 Å². The van der Waals surface area contributed by atoms with Gasteiger partial charge in [-0.25, -0.2) is 0 Å². The van der Waals surface area contributed by atoms with Crippen molar-refractivity contribution in [1.29, 1.82) is 0 Å². The first-order valence-corrected chi connectivity index (χ1v) is 6.87. The monoisotopic (exact) mass is 276 g/mol. The van der Waals surface area contributed by atoms with Gasteiger partial charge in [-0.2, -0.15) is 0 Å². The van der Waals surface area contributed by atoms with Crippen molar-refractivity contribution in [1.82, 2.24) is 4.90 Å². The SMILES string of the molecule is CN(CC1CCCC1O)C(=O)C(=O)Nc1ccccc1. The third-order valence-corrected chi connectivity index (χ3v) is 3.70. The lowest BCUT2D eigenvalue weighted by atomic mass is 10.1. The molecular weight excluding hydrogens is 256 g/mol. The summed E-state index contributed by atoms with van der Waals surface area (Å²) in [5.41, 5.74) is 0.597. The minimum atomic E-state index is -0.647. The number of nitrogens with one attached hydrogen (secondary N) is 1. The lowest BCUT2D eigenvalue weighted by Gasteiger charge is -2.22. The van der Waals surface area contributed by atoms with Gasteiger partial charge in [-0.3, -0.25) is 9.59 Å². The van der Waals surface area contributed by atoms with Gasteiger partial charge in [-0.05, 0) is 25.0 Å². The Morgan fingerprint density at radius 1 is 1.30 bits per heavy atom. The van der Waals surface area contributed by atoms with Crippen LogP contribution in [0.15, 0.2) is 30.3 Å². The van der Waals surface area contributed by atoms with E-state index in [4.69, 9.17) is 0 Å². The van der Waals surface area contributed by atoms with Crippen LogP contribution in [0.4, 0.5) is 5.69 Å². The third kappa shape index (κ3) is 3.57. The molecule has 2 unspecified atom stereocenters. The van der Waals surface area contributed by atoms with E-state index in [-0.39, 0.29) is 12.0 Å². The highest BCUT2D eigenvalue weighted by atomic mass is 16.3. The minimum absolute atomic E-state index is 0.0773. The second-order valence-corrected chi connectivity index (χ2v) is 5.26. The summed E-state index contributed by atoms with van der Waals surface area (Å²) in [6.45, 7) is 0.419. The van der Waals surface area contributed by atoms with Gasteiger partial charge >= 0.3 is 11.8 Å². The summed E-state index contributed by atoms with van der Waals surface area (Å²) in [7, 11) is 1.60. The van der Waals surface area contributed by atoms with E-state index in [0.29, 0.717) is 12.2 Å². The van der Waals surface area contributed by atoms with E-state index >= 15 is 0 Å². The molecule has 2 rings (SSSR count). The number of hydrogen-bond donors (Lipinski definition) is 2. The van der Waals surface area contributed by atoms with Crippen LogP contribution < -0.4 is 5.32 Å². The van der Waals surface area contributed by atoms with Gasteiger partial charge in [-0.15, -0.1) is 0 Å². The smallest absolute Gasteiger partial charge is 0.313 e. The Bertz CT molecular complexity index is 475. The second-order valence-electron chi connectivity index (χ2n) is 5.26. The summed E-state index contributed by atoms with van der Waals surface area (Å²) in [6.07, 6.45) is 2.30. The number of hydrogen-bond acceptors (Lipinski definition) is 3. The molecular formula is C15H20N2O3. The Balaban J connectivity index is 1.88. The van der Waals surface area contributed by atoms with E-state index in [1.807, 2.05) is 6.07 Å². The van der Waals surface area contributed by atoms with Crippen molar-refractivity contribution in [3.63, 3.8) is 0 Å². The molecule has 0 aromatic heterocycles. The van der Waals surface area contributed by atoms with Gasteiger partial charge < -0.3 is 15.3 Å². The van der Waals surface area contributed by atoms with Crippen molar-refractivity contribution in [3.8, 4) is 0 Å². The molecule has 1 aromatic rings. The van der Waals surface area contributed by atoms with Crippen molar-refractivity contribution in [3.05, 3.63) is 30.3 Å². The fraction of sp³-hybridized carbons (Fsp3) is 0.467. The van der Waals surface area contributed by atoms with E-state index < -0.39 is 11.8 Å². The highest BCUT2D eigenvalue weighted by molar-refractivity contribution is 6.39. The fourth-order valence-corrected chi connectivity index (χ4v) is 2.54. The first kappa shape index (κ1) is 14.5. The van der Waals surface area contributed by atoms with Crippen LogP contribution in [0, 0.1) is 5.92 Å². The first-order valence-electron chi connectivity index (χ1n) is 6.87. The summed E-state index contributed by atoms with van der Waals surface area (Å²) >= 11 is 0. The Morgan fingerprint density at radius 3 is 2.60 bits per heavy atom. The van der Waals surface area contributed by atoms with Gasteiger partial charge in [0.1, 0.15) is 0 Å². The molecule has 108 valence electrons. The predicted octanol–water partition coefficient (Wildman–Crippen LogP) is 1.24. The molecule has 0 saturated heterocycles. The maximum atomic E-state index is 12.0. The number of carbonyl (C=O) groups excluding carboxylic acids is 2. The van der Waals surface area contributed by atoms with E-state index in [0.717, 1.165) is 19.3 Å². The number of anilines is 1. The quantitative estimate of drug-likeness (QED) is 0.816. The largest absolute Gasteiger partial charge is 0.393 e. The Hall–Kier alpha value is -1.88. The lowest BCUT2D eigenvalue weighted by molar-refractivity contribution is -0.142. The molecule has 0 spiro atoms. The summed E-state index contributed by atoms with van der Waals surface area (Å²) in [5.74, 6) is -1.15. The average molecular weight is 276 g/mol. The second kappa shape index (κ2) is 6.52. The number of amides is 2. The van der Waals surface area contributed by atoms with Crippen molar-refractivity contribution in [2.24, 2.45) is 5.92 Å². The number of aliphatic hydroxyl groups excluding tert-OH is 1. The average Bonchev–Trinajstić information content (AvgIpc) is 2.84. The fourth-order valence-electron chi connectivity index (χ4n) is 2.54. The summed E-state index contributed by atoms with van der Waals surface area (Å²) in [6, 6.07) is 8.88. The molecule has 20 heavy (non-hydrogen) atoms. The first-order chi connectivity index (χ1) is 9.58. The molecule has 1 aromatic carbocycles. The van der Waals surface area contributed by atoms with Gasteiger partial charge in [0.2, 0.25) is 0 Å². The summed E-state index contributed by atoms with van der Waals surface area (Å²) in [5, 5.41) is 12.3. The number of para-hydroxylation sites is 1. The van der Waals surface area contributed by atoms with Crippen LogP contribution >= 0.6 is 0 Å². The van der Waals surface area contributed by atoms with E-state index in [1.165, 1.54) is 4.90 Å². The van der Waals surface area contributed by atoms with Crippen LogP contribution in [-0.4, -0.2) is 41.5 Å². The summed E-state index contributed by atoms with van der Waals surface area (Å²) in [4.78, 5) is 25.2. The zero-order valence-electron chi connectivity index (χ0n) is 11.6. The van der Waals surface area contributed by atoms with Gasteiger partial charge in [-0.1, -0.05) is 24.6 Å². The van der Waals surface area contributed by atoms with Crippen LogP contribution in [0.1, 0.15) is 19.3 Å². The Labute approximate surface area is 118 Å². The van der Waals surface area contributed by atoms with Crippen LogP contribution in [0.2, 0.25) is 0 Å².